The molecule has 1 aliphatic heterocycles. The highest BCUT2D eigenvalue weighted by Crippen LogP contribution is 2.42. The van der Waals surface area contributed by atoms with Gasteiger partial charge in [-0.05, 0) is 40.2 Å². The molecule has 0 saturated heterocycles. The largest absolute Gasteiger partial charge is 0.488 e. The Hall–Kier alpha value is -3.24. The zero-order valence-corrected chi connectivity index (χ0v) is 17.6. The molecule has 0 unspecified atom stereocenters. The van der Waals surface area contributed by atoms with Crippen molar-refractivity contribution in [1.82, 2.24) is 0 Å². The molecule has 0 spiro atoms. The zero-order valence-electron chi connectivity index (χ0n) is 15.2. The zero-order chi connectivity index (χ0) is 21.3. The lowest BCUT2D eigenvalue weighted by Crippen LogP contribution is -2.20. The molecule has 2 heterocycles. The van der Waals surface area contributed by atoms with Gasteiger partial charge in [-0.2, -0.15) is 0 Å². The van der Waals surface area contributed by atoms with E-state index >= 15 is 0 Å². The Kier molecular flexibility index (Phi) is 5.51. The van der Waals surface area contributed by atoms with E-state index in [2.05, 4.69) is 21.2 Å². The van der Waals surface area contributed by atoms with Crippen LogP contribution in [0.2, 0.25) is 0 Å². The Morgan fingerprint density at radius 1 is 1.23 bits per heavy atom. The number of esters is 1. The van der Waals surface area contributed by atoms with Gasteiger partial charge in [0.2, 0.25) is 0 Å². The number of carbonyl (C=O) groups is 2. The molecule has 1 aliphatic rings. The van der Waals surface area contributed by atoms with Crippen LogP contribution >= 0.6 is 27.3 Å². The number of thiophene rings is 1. The maximum absolute atomic E-state index is 12.4. The minimum absolute atomic E-state index is 0.112. The van der Waals surface area contributed by atoms with Crippen LogP contribution in [0.15, 0.2) is 53.0 Å². The number of nitrogens with zero attached hydrogens (tertiary/aromatic N) is 1. The van der Waals surface area contributed by atoms with Crippen molar-refractivity contribution in [3.63, 3.8) is 0 Å². The maximum Gasteiger partial charge on any atom is 0.348 e. The van der Waals surface area contributed by atoms with Gasteiger partial charge in [-0.3, -0.25) is 14.9 Å². The summed E-state index contributed by atoms with van der Waals surface area (Å²) in [4.78, 5) is 36.1. The first-order valence-electron chi connectivity index (χ1n) is 8.68. The second-order valence-electron chi connectivity index (χ2n) is 6.30. The van der Waals surface area contributed by atoms with Crippen molar-refractivity contribution >= 4 is 50.5 Å². The Morgan fingerprint density at radius 2 is 2.03 bits per heavy atom. The van der Waals surface area contributed by atoms with E-state index in [4.69, 9.17) is 9.47 Å². The lowest BCUT2D eigenvalue weighted by atomic mass is 10.1. The molecular weight excluding hydrogens is 476 g/mol. The standard InChI is InChI=1S/C20H13BrN2O6S/c21-14-8-12(23(26)27)5-6-15(14)22-18(24)10-29-20(25)17-7-11-9-28-16-4-2-1-3-13(16)19(11)30-17/h1-8H,9-10H2,(H,22,24). The number of non-ortho nitro benzene ring substituents is 1. The van der Waals surface area contributed by atoms with E-state index in [1.54, 1.807) is 6.07 Å². The third kappa shape index (κ3) is 4.05. The second kappa shape index (κ2) is 8.25. The van der Waals surface area contributed by atoms with Crippen LogP contribution in [0, 0.1) is 10.1 Å². The van der Waals surface area contributed by atoms with E-state index in [-0.39, 0.29) is 5.69 Å². The first-order valence-corrected chi connectivity index (χ1v) is 10.3. The lowest BCUT2D eigenvalue weighted by Gasteiger charge is -2.16. The van der Waals surface area contributed by atoms with Crippen molar-refractivity contribution in [1.29, 1.82) is 0 Å². The number of ether oxygens (including phenoxy) is 2. The van der Waals surface area contributed by atoms with Crippen LogP contribution in [0.3, 0.4) is 0 Å². The number of carbonyl (C=O) groups excluding carboxylic acids is 2. The number of para-hydroxylation sites is 1. The Bertz CT molecular complexity index is 1180. The van der Waals surface area contributed by atoms with Gasteiger partial charge in [-0.25, -0.2) is 4.79 Å². The number of fused-ring (bicyclic) bond motifs is 3. The molecule has 4 rings (SSSR count). The van der Waals surface area contributed by atoms with Crippen LogP contribution in [0.1, 0.15) is 15.2 Å². The molecule has 152 valence electrons. The van der Waals surface area contributed by atoms with Crippen molar-refractivity contribution in [2.75, 3.05) is 11.9 Å². The fraction of sp³-hybridized carbons (Fsp3) is 0.100. The molecule has 8 nitrogen and oxygen atoms in total. The van der Waals surface area contributed by atoms with Crippen LogP contribution in [-0.2, 0) is 16.1 Å². The van der Waals surface area contributed by atoms with Gasteiger partial charge in [0.25, 0.3) is 11.6 Å². The first-order chi connectivity index (χ1) is 14.4. The van der Waals surface area contributed by atoms with E-state index in [1.165, 1.54) is 29.5 Å². The molecule has 1 amide bonds. The van der Waals surface area contributed by atoms with Gasteiger partial charge in [0, 0.05) is 32.6 Å². The van der Waals surface area contributed by atoms with Gasteiger partial charge in [0.05, 0.1) is 10.6 Å². The molecule has 1 aromatic heterocycles. The van der Waals surface area contributed by atoms with E-state index in [0.717, 1.165) is 21.8 Å². The number of amides is 1. The first kappa shape index (κ1) is 20.0. The number of nitro groups is 1. The summed E-state index contributed by atoms with van der Waals surface area (Å²) in [6.45, 7) is -0.122. The molecular formula is C20H13BrN2O6S. The second-order valence-corrected chi connectivity index (χ2v) is 8.20. The molecule has 0 aliphatic carbocycles. The van der Waals surface area contributed by atoms with Crippen molar-refractivity contribution < 1.29 is 24.0 Å². The van der Waals surface area contributed by atoms with Gasteiger partial charge in [-0.1, -0.05) is 12.1 Å². The number of hydrogen-bond donors (Lipinski definition) is 1. The maximum atomic E-state index is 12.4. The van der Waals surface area contributed by atoms with E-state index in [9.17, 15) is 19.7 Å². The van der Waals surface area contributed by atoms with Gasteiger partial charge >= 0.3 is 5.97 Å². The summed E-state index contributed by atoms with van der Waals surface area (Å²) in [6, 6.07) is 13.2. The predicted molar refractivity (Wildman–Crippen MR) is 114 cm³/mol. The minimum Gasteiger partial charge on any atom is -0.488 e. The fourth-order valence-corrected chi connectivity index (χ4v) is 4.46. The van der Waals surface area contributed by atoms with Gasteiger partial charge in [-0.15, -0.1) is 11.3 Å². The van der Waals surface area contributed by atoms with Crippen molar-refractivity contribution in [2.24, 2.45) is 0 Å². The summed E-state index contributed by atoms with van der Waals surface area (Å²) >= 11 is 4.46. The van der Waals surface area contributed by atoms with Crippen LogP contribution in [0.5, 0.6) is 5.75 Å². The summed E-state index contributed by atoms with van der Waals surface area (Å²) in [7, 11) is 0. The number of benzene rings is 2. The van der Waals surface area contributed by atoms with Crippen LogP contribution in [-0.4, -0.2) is 23.4 Å². The normalized spacial score (nSPS) is 11.6. The van der Waals surface area contributed by atoms with Crippen LogP contribution < -0.4 is 10.1 Å². The monoisotopic (exact) mass is 488 g/mol. The third-order valence-electron chi connectivity index (χ3n) is 4.30. The van der Waals surface area contributed by atoms with Gasteiger partial charge in [0.15, 0.2) is 6.61 Å². The third-order valence-corrected chi connectivity index (χ3v) is 6.14. The smallest absolute Gasteiger partial charge is 0.348 e. The molecule has 10 heteroatoms. The lowest BCUT2D eigenvalue weighted by molar-refractivity contribution is -0.384. The molecule has 30 heavy (non-hydrogen) atoms. The Morgan fingerprint density at radius 3 is 2.80 bits per heavy atom. The SMILES string of the molecule is O=C(COC(=O)c1cc2c(s1)-c1ccccc1OC2)Nc1ccc([N+](=O)[O-])cc1Br. The summed E-state index contributed by atoms with van der Waals surface area (Å²) < 4.78 is 11.2. The van der Waals surface area contributed by atoms with Crippen molar-refractivity contribution in [3.8, 4) is 16.2 Å². The quantitative estimate of drug-likeness (QED) is 0.314. The highest BCUT2D eigenvalue weighted by atomic mass is 79.9. The summed E-state index contributed by atoms with van der Waals surface area (Å²) in [5.41, 5.74) is 2.04. The predicted octanol–water partition coefficient (Wildman–Crippen LogP) is 4.77. The van der Waals surface area contributed by atoms with E-state index < -0.39 is 23.4 Å². The van der Waals surface area contributed by atoms with Gasteiger partial charge < -0.3 is 14.8 Å². The number of anilines is 1. The molecule has 0 saturated carbocycles. The summed E-state index contributed by atoms with van der Waals surface area (Å²) in [6.07, 6.45) is 0. The Balaban J connectivity index is 1.39. The molecule has 0 bridgehead atoms. The molecule has 0 atom stereocenters. The number of halogens is 1. The number of hydrogen-bond acceptors (Lipinski definition) is 7. The van der Waals surface area contributed by atoms with E-state index in [0.29, 0.717) is 21.6 Å². The number of nitro benzene ring substituents is 1. The molecule has 0 fully saturated rings. The summed E-state index contributed by atoms with van der Waals surface area (Å²) in [5.74, 6) is -0.405. The highest BCUT2D eigenvalue weighted by molar-refractivity contribution is 9.10. The number of nitrogens with one attached hydrogen (secondary N) is 1. The molecule has 3 aromatic rings. The van der Waals surface area contributed by atoms with Crippen LogP contribution in [0.25, 0.3) is 10.4 Å². The average Bonchev–Trinajstić information content (AvgIpc) is 3.18. The van der Waals surface area contributed by atoms with E-state index in [1.807, 2.05) is 24.3 Å². The molecule has 1 N–H and O–H groups in total. The van der Waals surface area contributed by atoms with Crippen molar-refractivity contribution in [3.05, 3.63) is 73.6 Å². The number of rotatable bonds is 5. The van der Waals surface area contributed by atoms with Crippen LogP contribution in [0.4, 0.5) is 11.4 Å². The topological polar surface area (TPSA) is 108 Å². The van der Waals surface area contributed by atoms with Crippen molar-refractivity contribution in [2.45, 2.75) is 6.61 Å². The molecule has 0 radical (unpaired) electrons. The fourth-order valence-electron chi connectivity index (χ4n) is 2.91. The minimum atomic E-state index is -0.607. The molecule has 2 aromatic carbocycles. The highest BCUT2D eigenvalue weighted by Gasteiger charge is 2.23. The Labute approximate surface area is 182 Å². The van der Waals surface area contributed by atoms with Gasteiger partial charge in [0.1, 0.15) is 17.2 Å². The average molecular weight is 489 g/mol. The summed E-state index contributed by atoms with van der Waals surface area (Å²) in [5, 5.41) is 13.3.